The van der Waals surface area contributed by atoms with Crippen molar-refractivity contribution in [1.82, 2.24) is 15.3 Å². The van der Waals surface area contributed by atoms with Crippen LogP contribution in [0, 0.1) is 0 Å². The van der Waals surface area contributed by atoms with Gasteiger partial charge in [0.25, 0.3) is 0 Å². The van der Waals surface area contributed by atoms with E-state index in [1.165, 1.54) is 5.56 Å². The van der Waals surface area contributed by atoms with Crippen LogP contribution in [-0.4, -0.2) is 37.3 Å². The Morgan fingerprint density at radius 3 is 2.48 bits per heavy atom. The van der Waals surface area contributed by atoms with Crippen molar-refractivity contribution in [2.75, 3.05) is 32.2 Å². The zero-order valence-electron chi connectivity index (χ0n) is 12.6. The highest BCUT2D eigenvalue weighted by atomic mass is 16.5. The summed E-state index contributed by atoms with van der Waals surface area (Å²) in [5.74, 6) is 0.736. The number of hydrogen-bond donors (Lipinski definition) is 1. The molecule has 5 nitrogen and oxygen atoms in total. The molecule has 2 rings (SSSR count). The fourth-order valence-electron chi connectivity index (χ4n) is 1.97. The SMILES string of the molecule is COCCNCc1cnc(N(C)Cc2ccccc2)nc1. The van der Waals surface area contributed by atoms with E-state index >= 15 is 0 Å². The van der Waals surface area contributed by atoms with E-state index < -0.39 is 0 Å². The Labute approximate surface area is 126 Å². The van der Waals surface area contributed by atoms with Gasteiger partial charge in [-0.25, -0.2) is 9.97 Å². The van der Waals surface area contributed by atoms with Gasteiger partial charge in [0.1, 0.15) is 0 Å². The normalized spacial score (nSPS) is 10.6. The number of rotatable bonds is 8. The monoisotopic (exact) mass is 286 g/mol. The summed E-state index contributed by atoms with van der Waals surface area (Å²) >= 11 is 0. The minimum atomic E-state index is 0.707. The second-order valence-electron chi connectivity index (χ2n) is 4.90. The van der Waals surface area contributed by atoms with Crippen molar-refractivity contribution in [3.05, 3.63) is 53.9 Å². The fraction of sp³-hybridized carbons (Fsp3) is 0.375. The van der Waals surface area contributed by atoms with Gasteiger partial charge in [-0.1, -0.05) is 30.3 Å². The van der Waals surface area contributed by atoms with E-state index in [9.17, 15) is 0 Å². The van der Waals surface area contributed by atoms with Crippen LogP contribution in [0.25, 0.3) is 0 Å². The lowest BCUT2D eigenvalue weighted by Gasteiger charge is -2.17. The lowest BCUT2D eigenvalue weighted by molar-refractivity contribution is 0.199. The van der Waals surface area contributed by atoms with Crippen molar-refractivity contribution in [3.8, 4) is 0 Å². The van der Waals surface area contributed by atoms with E-state index in [0.717, 1.165) is 31.1 Å². The number of nitrogens with one attached hydrogen (secondary N) is 1. The first-order valence-electron chi connectivity index (χ1n) is 7.05. The molecule has 0 aliphatic rings. The quantitative estimate of drug-likeness (QED) is 0.751. The lowest BCUT2D eigenvalue weighted by Crippen LogP contribution is -2.21. The van der Waals surface area contributed by atoms with Crippen LogP contribution in [0.15, 0.2) is 42.7 Å². The fourth-order valence-corrected chi connectivity index (χ4v) is 1.97. The maximum absolute atomic E-state index is 4.99. The van der Waals surface area contributed by atoms with Crippen LogP contribution in [0.2, 0.25) is 0 Å². The Bertz CT molecular complexity index is 516. The topological polar surface area (TPSA) is 50.3 Å². The summed E-state index contributed by atoms with van der Waals surface area (Å²) < 4.78 is 4.99. The number of benzene rings is 1. The van der Waals surface area contributed by atoms with Gasteiger partial charge in [-0.15, -0.1) is 0 Å². The van der Waals surface area contributed by atoms with Gasteiger partial charge in [0.05, 0.1) is 6.61 Å². The third-order valence-corrected chi connectivity index (χ3v) is 3.11. The molecule has 0 aliphatic carbocycles. The lowest BCUT2D eigenvalue weighted by atomic mass is 10.2. The minimum absolute atomic E-state index is 0.707. The van der Waals surface area contributed by atoms with Crippen LogP contribution in [0.1, 0.15) is 11.1 Å². The van der Waals surface area contributed by atoms with Crippen LogP contribution >= 0.6 is 0 Å². The highest BCUT2D eigenvalue weighted by Gasteiger charge is 2.05. The molecule has 112 valence electrons. The van der Waals surface area contributed by atoms with Crippen molar-refractivity contribution >= 4 is 5.95 Å². The molecule has 1 N–H and O–H groups in total. The molecule has 1 aromatic heterocycles. The summed E-state index contributed by atoms with van der Waals surface area (Å²) in [4.78, 5) is 10.9. The van der Waals surface area contributed by atoms with Gasteiger partial charge in [-0.05, 0) is 5.56 Å². The van der Waals surface area contributed by atoms with Gasteiger partial charge in [0.2, 0.25) is 5.95 Å². The first-order chi connectivity index (χ1) is 10.3. The van der Waals surface area contributed by atoms with E-state index in [-0.39, 0.29) is 0 Å². The summed E-state index contributed by atoms with van der Waals surface area (Å²) in [5, 5.41) is 3.27. The van der Waals surface area contributed by atoms with Crippen molar-refractivity contribution < 1.29 is 4.74 Å². The minimum Gasteiger partial charge on any atom is -0.383 e. The molecule has 5 heteroatoms. The van der Waals surface area contributed by atoms with Gasteiger partial charge < -0.3 is 15.0 Å². The summed E-state index contributed by atoms with van der Waals surface area (Å²) in [7, 11) is 3.70. The molecule has 0 fully saturated rings. The van der Waals surface area contributed by atoms with Gasteiger partial charge in [0, 0.05) is 51.7 Å². The maximum Gasteiger partial charge on any atom is 0.225 e. The Hall–Kier alpha value is -1.98. The van der Waals surface area contributed by atoms with Crippen LogP contribution in [0.5, 0.6) is 0 Å². The van der Waals surface area contributed by atoms with Gasteiger partial charge in [0.15, 0.2) is 0 Å². The standard InChI is InChI=1S/C16H22N4O/c1-20(13-14-6-4-3-5-7-14)16-18-11-15(12-19-16)10-17-8-9-21-2/h3-7,11-12,17H,8-10,13H2,1-2H3. The van der Waals surface area contributed by atoms with Gasteiger partial charge in [-0.3, -0.25) is 0 Å². The second kappa shape index (κ2) is 8.34. The third kappa shape index (κ3) is 5.13. The summed E-state index contributed by atoms with van der Waals surface area (Å²) in [6.45, 7) is 3.09. The molecule has 1 aromatic carbocycles. The van der Waals surface area contributed by atoms with Crippen LogP contribution in [-0.2, 0) is 17.8 Å². The average molecular weight is 286 g/mol. The molecular formula is C16H22N4O. The van der Waals surface area contributed by atoms with Crippen LogP contribution < -0.4 is 10.2 Å². The Balaban J connectivity index is 1.86. The predicted octanol–water partition coefficient (Wildman–Crippen LogP) is 1.85. The first kappa shape index (κ1) is 15.4. The Morgan fingerprint density at radius 1 is 1.10 bits per heavy atom. The number of methoxy groups -OCH3 is 1. The molecule has 0 aliphatic heterocycles. The van der Waals surface area contributed by atoms with Gasteiger partial charge in [-0.2, -0.15) is 0 Å². The third-order valence-electron chi connectivity index (χ3n) is 3.11. The van der Waals surface area contributed by atoms with E-state index in [2.05, 4.69) is 27.4 Å². The molecule has 0 amide bonds. The summed E-state index contributed by atoms with van der Waals surface area (Å²) in [6, 6.07) is 10.3. The molecule has 1 heterocycles. The average Bonchev–Trinajstić information content (AvgIpc) is 2.53. The highest BCUT2D eigenvalue weighted by Crippen LogP contribution is 2.09. The number of ether oxygens (including phenoxy) is 1. The van der Waals surface area contributed by atoms with Crippen molar-refractivity contribution in [2.24, 2.45) is 0 Å². The van der Waals surface area contributed by atoms with E-state index in [4.69, 9.17) is 4.74 Å². The number of anilines is 1. The first-order valence-corrected chi connectivity index (χ1v) is 7.05. The van der Waals surface area contributed by atoms with Crippen LogP contribution in [0.3, 0.4) is 0 Å². The molecule has 0 atom stereocenters. The smallest absolute Gasteiger partial charge is 0.225 e. The predicted molar refractivity (Wildman–Crippen MR) is 84.2 cm³/mol. The second-order valence-corrected chi connectivity index (χ2v) is 4.90. The highest BCUT2D eigenvalue weighted by molar-refractivity contribution is 5.31. The molecule has 0 saturated heterocycles. The van der Waals surface area contributed by atoms with E-state index in [1.54, 1.807) is 7.11 Å². The Kier molecular flexibility index (Phi) is 6.12. The molecule has 0 bridgehead atoms. The van der Waals surface area contributed by atoms with E-state index in [1.807, 2.05) is 42.5 Å². The van der Waals surface area contributed by atoms with Crippen molar-refractivity contribution in [2.45, 2.75) is 13.1 Å². The largest absolute Gasteiger partial charge is 0.383 e. The van der Waals surface area contributed by atoms with Gasteiger partial charge >= 0.3 is 0 Å². The summed E-state index contributed by atoms with van der Waals surface area (Å²) in [6.07, 6.45) is 3.73. The molecule has 0 saturated carbocycles. The molecular weight excluding hydrogens is 264 g/mol. The molecule has 21 heavy (non-hydrogen) atoms. The zero-order valence-corrected chi connectivity index (χ0v) is 12.6. The number of aromatic nitrogens is 2. The Morgan fingerprint density at radius 2 is 1.81 bits per heavy atom. The molecule has 0 unspecified atom stereocenters. The maximum atomic E-state index is 4.99. The van der Waals surface area contributed by atoms with Crippen molar-refractivity contribution in [3.63, 3.8) is 0 Å². The molecule has 0 radical (unpaired) electrons. The van der Waals surface area contributed by atoms with E-state index in [0.29, 0.717) is 6.61 Å². The van der Waals surface area contributed by atoms with Crippen molar-refractivity contribution in [1.29, 1.82) is 0 Å². The molecule has 0 spiro atoms. The van der Waals surface area contributed by atoms with Crippen LogP contribution in [0.4, 0.5) is 5.95 Å². The zero-order chi connectivity index (χ0) is 14.9. The molecule has 2 aromatic rings. The number of hydrogen-bond acceptors (Lipinski definition) is 5. The number of nitrogens with zero attached hydrogens (tertiary/aromatic N) is 3. The summed E-state index contributed by atoms with van der Waals surface area (Å²) in [5.41, 5.74) is 2.32.